The van der Waals surface area contributed by atoms with Gasteiger partial charge in [0.15, 0.2) is 0 Å². The molecule has 0 aromatic heterocycles. The van der Waals surface area contributed by atoms with Crippen LogP contribution in [0.5, 0.6) is 11.5 Å². The summed E-state index contributed by atoms with van der Waals surface area (Å²) in [5.74, 6) is 0.552. The zero-order valence-corrected chi connectivity index (χ0v) is 20.5. The van der Waals surface area contributed by atoms with Gasteiger partial charge >= 0.3 is 0 Å². The summed E-state index contributed by atoms with van der Waals surface area (Å²) in [4.78, 5) is 0. The quantitative estimate of drug-likeness (QED) is 0.360. The van der Waals surface area contributed by atoms with Gasteiger partial charge in [-0.3, -0.25) is 0 Å². The number of benzene rings is 2. The van der Waals surface area contributed by atoms with Crippen molar-refractivity contribution in [2.75, 3.05) is 0 Å². The molecular weight excluding hydrogens is 584 g/mol. The average Bonchev–Trinajstić information content (AvgIpc) is 2.57. The molecule has 0 amide bonds. The predicted molar refractivity (Wildman–Crippen MR) is 115 cm³/mol. The maximum absolute atomic E-state index is 10.1. The molecule has 0 heterocycles. The van der Waals surface area contributed by atoms with Crippen molar-refractivity contribution < 1.29 is 14.9 Å². The second kappa shape index (κ2) is 8.30. The normalized spacial score (nSPS) is 13.8. The first-order valence-electron chi connectivity index (χ1n) is 7.47. The summed E-state index contributed by atoms with van der Waals surface area (Å²) in [6.45, 7) is 7.41. The van der Waals surface area contributed by atoms with Gasteiger partial charge in [-0.15, -0.1) is 0 Å². The molecule has 0 saturated carbocycles. The molecule has 2 N–H and O–H groups in total. The number of ether oxygens (including phenoxy) is 1. The Hall–Kier alpha value is -0.0800. The molecule has 0 saturated heterocycles. The van der Waals surface area contributed by atoms with Gasteiger partial charge in [-0.2, -0.15) is 0 Å². The molecule has 0 radical (unpaired) electrons. The lowest BCUT2D eigenvalue weighted by atomic mass is 10.1. The predicted octanol–water partition coefficient (Wildman–Crippen LogP) is 7.36. The van der Waals surface area contributed by atoms with Crippen molar-refractivity contribution in [3.63, 3.8) is 0 Å². The van der Waals surface area contributed by atoms with E-state index < -0.39 is 10.0 Å². The fraction of sp³-hybridized carbons (Fsp3) is 0.333. The molecule has 2 atom stereocenters. The summed E-state index contributed by atoms with van der Waals surface area (Å²) in [5, 5.41) is 19.3. The molecule has 0 aliphatic rings. The van der Waals surface area contributed by atoms with Crippen LogP contribution in [0.15, 0.2) is 21.1 Å². The van der Waals surface area contributed by atoms with E-state index in [9.17, 15) is 10.2 Å². The van der Waals surface area contributed by atoms with Gasteiger partial charge in [0.25, 0.3) is 0 Å². The zero-order valence-electron chi connectivity index (χ0n) is 14.1. The van der Waals surface area contributed by atoms with Crippen molar-refractivity contribution in [1.82, 2.24) is 0 Å². The Labute approximate surface area is 181 Å². The van der Waals surface area contributed by atoms with Crippen LogP contribution in [0.2, 0.25) is 0 Å². The first kappa shape index (κ1) is 21.2. The Morgan fingerprint density at radius 1 is 0.760 bits per heavy atom. The van der Waals surface area contributed by atoms with E-state index in [1.165, 1.54) is 0 Å². The van der Waals surface area contributed by atoms with Gasteiger partial charge in [0.2, 0.25) is 0 Å². The van der Waals surface area contributed by atoms with Crippen LogP contribution in [-0.4, -0.2) is 10.2 Å². The monoisotopic (exact) mass is 598 g/mol. The van der Waals surface area contributed by atoms with Crippen molar-refractivity contribution in [2.45, 2.75) is 37.7 Å². The third kappa shape index (κ3) is 4.26. The summed E-state index contributed by atoms with van der Waals surface area (Å²) in [7, 11) is 0. The van der Waals surface area contributed by atoms with E-state index in [-0.39, 0.29) is 11.5 Å². The Morgan fingerprint density at radius 3 is 1.40 bits per heavy atom. The molecule has 2 unspecified atom stereocenters. The van der Waals surface area contributed by atoms with E-state index in [2.05, 4.69) is 63.7 Å². The number of phenolic OH excluding ortho intramolecular Hbond substituents is 2. The maximum Gasteiger partial charge on any atom is 0.140 e. The first-order chi connectivity index (χ1) is 11.6. The van der Waals surface area contributed by atoms with Crippen LogP contribution in [0, 0.1) is 27.7 Å². The highest BCUT2D eigenvalue weighted by Gasteiger charge is 2.23. The van der Waals surface area contributed by atoms with Crippen LogP contribution < -0.4 is 0 Å². The minimum atomic E-state index is -0.398. The standard InChI is InChI=1S/C18H18Br4O3/c1-7-5-11(13(19)9(3)15(7)23)17(21)25-18(22)12-6-8(2)16(24)10(4)14(12)20/h5-6,17-18,23-24H,1-4H3. The fourth-order valence-corrected chi connectivity index (χ4v) is 5.62. The summed E-state index contributed by atoms with van der Waals surface area (Å²) in [6.07, 6.45) is 0. The molecule has 3 nitrogen and oxygen atoms in total. The number of aromatic hydroxyl groups is 2. The molecule has 0 fully saturated rings. The molecule has 25 heavy (non-hydrogen) atoms. The fourth-order valence-electron chi connectivity index (χ4n) is 2.54. The average molecular weight is 602 g/mol. The highest BCUT2D eigenvalue weighted by atomic mass is 79.9. The topological polar surface area (TPSA) is 49.7 Å². The molecular formula is C18H18Br4O3. The van der Waals surface area contributed by atoms with Crippen molar-refractivity contribution in [1.29, 1.82) is 0 Å². The summed E-state index contributed by atoms with van der Waals surface area (Å²) in [6, 6.07) is 3.77. The molecule has 0 spiro atoms. The molecule has 2 rings (SSSR count). The number of hydrogen-bond donors (Lipinski definition) is 2. The molecule has 2 aromatic rings. The smallest absolute Gasteiger partial charge is 0.140 e. The van der Waals surface area contributed by atoms with Crippen LogP contribution in [0.25, 0.3) is 0 Å². The molecule has 0 aliphatic carbocycles. The second-order valence-corrected chi connectivity index (χ2v) is 9.16. The van der Waals surface area contributed by atoms with E-state index in [1.807, 2.05) is 39.8 Å². The number of alkyl halides is 2. The third-order valence-electron chi connectivity index (χ3n) is 4.09. The molecule has 7 heteroatoms. The van der Waals surface area contributed by atoms with Crippen LogP contribution in [0.1, 0.15) is 43.4 Å². The number of hydrogen-bond acceptors (Lipinski definition) is 3. The van der Waals surface area contributed by atoms with Crippen molar-refractivity contribution in [3.8, 4) is 11.5 Å². The number of phenols is 2. The molecule has 2 aromatic carbocycles. The maximum atomic E-state index is 10.1. The largest absolute Gasteiger partial charge is 0.507 e. The number of aryl methyl sites for hydroxylation is 2. The van der Waals surface area contributed by atoms with Crippen molar-refractivity contribution in [2.24, 2.45) is 0 Å². The first-order valence-corrected chi connectivity index (χ1v) is 10.9. The minimum Gasteiger partial charge on any atom is -0.507 e. The second-order valence-electron chi connectivity index (χ2n) is 5.91. The molecule has 0 aliphatic heterocycles. The highest BCUT2D eigenvalue weighted by Crippen LogP contribution is 2.44. The van der Waals surface area contributed by atoms with Crippen LogP contribution in [-0.2, 0) is 4.74 Å². The number of rotatable bonds is 4. The van der Waals surface area contributed by atoms with E-state index in [1.54, 1.807) is 0 Å². The lowest BCUT2D eigenvalue weighted by Gasteiger charge is -2.22. The van der Waals surface area contributed by atoms with Crippen LogP contribution >= 0.6 is 63.7 Å². The van der Waals surface area contributed by atoms with Gasteiger partial charge in [0, 0.05) is 31.2 Å². The zero-order chi connectivity index (χ0) is 19.0. The SMILES string of the molecule is Cc1cc(C(Br)OC(Br)c2cc(C)c(O)c(C)c2Br)c(Br)c(C)c1O. The minimum absolute atomic E-state index is 0.276. The Morgan fingerprint density at radius 2 is 1.08 bits per heavy atom. The highest BCUT2D eigenvalue weighted by molar-refractivity contribution is 9.11. The number of halogens is 4. The van der Waals surface area contributed by atoms with Crippen LogP contribution in [0.3, 0.4) is 0 Å². The van der Waals surface area contributed by atoms with Gasteiger partial charge in [-0.25, -0.2) is 0 Å². The Kier molecular flexibility index (Phi) is 7.04. The molecule has 136 valence electrons. The van der Waals surface area contributed by atoms with Gasteiger partial charge in [-0.1, -0.05) is 31.9 Å². The third-order valence-corrected chi connectivity index (χ3v) is 7.62. The van der Waals surface area contributed by atoms with E-state index in [0.29, 0.717) is 0 Å². The van der Waals surface area contributed by atoms with Crippen molar-refractivity contribution >= 4 is 63.7 Å². The van der Waals surface area contributed by atoms with Gasteiger partial charge < -0.3 is 14.9 Å². The van der Waals surface area contributed by atoms with E-state index in [4.69, 9.17) is 4.74 Å². The molecule has 0 bridgehead atoms. The Balaban J connectivity index is 2.35. The van der Waals surface area contributed by atoms with Gasteiger partial charge in [0.1, 0.15) is 21.5 Å². The van der Waals surface area contributed by atoms with E-state index >= 15 is 0 Å². The summed E-state index contributed by atoms with van der Waals surface area (Å²) < 4.78 is 7.69. The lowest BCUT2D eigenvalue weighted by molar-refractivity contribution is 0.1000. The lowest BCUT2D eigenvalue weighted by Crippen LogP contribution is -2.05. The summed E-state index contributed by atoms with van der Waals surface area (Å²) >= 11 is 14.2. The van der Waals surface area contributed by atoms with Crippen molar-refractivity contribution in [3.05, 3.63) is 54.5 Å². The summed E-state index contributed by atoms with van der Waals surface area (Å²) in [5.41, 5.74) is 4.89. The van der Waals surface area contributed by atoms with Gasteiger partial charge in [-0.05, 0) is 82.8 Å². The Bertz CT molecular complexity index is 753. The van der Waals surface area contributed by atoms with E-state index in [0.717, 1.165) is 42.3 Å². The van der Waals surface area contributed by atoms with Crippen LogP contribution in [0.4, 0.5) is 0 Å². The van der Waals surface area contributed by atoms with Gasteiger partial charge in [0.05, 0.1) is 0 Å².